The highest BCUT2D eigenvalue weighted by Crippen LogP contribution is 2.18. The van der Waals surface area contributed by atoms with Crippen LogP contribution in [-0.4, -0.2) is 58.2 Å². The van der Waals surface area contributed by atoms with E-state index in [1.165, 1.54) is 0 Å². The first kappa shape index (κ1) is 14.4. The van der Waals surface area contributed by atoms with Crippen LogP contribution in [-0.2, 0) is 27.5 Å². The van der Waals surface area contributed by atoms with Crippen LogP contribution in [0.15, 0.2) is 0 Å². The van der Waals surface area contributed by atoms with Crippen LogP contribution in [0.3, 0.4) is 0 Å². The molecule has 0 aromatic rings. The van der Waals surface area contributed by atoms with E-state index in [9.17, 15) is 0 Å². The Labute approximate surface area is 97.8 Å². The molecule has 0 spiro atoms. The lowest BCUT2D eigenvalue weighted by Gasteiger charge is -2.24. The van der Waals surface area contributed by atoms with Crippen LogP contribution >= 0.6 is 11.6 Å². The molecular formula is C4H11ClO9Si2. The van der Waals surface area contributed by atoms with Crippen molar-refractivity contribution in [2.75, 3.05) is 25.7 Å². The van der Waals surface area contributed by atoms with Gasteiger partial charge in [-0.15, -0.1) is 11.6 Å². The van der Waals surface area contributed by atoms with E-state index in [4.69, 9.17) is 30.4 Å². The fraction of sp³-hybridized carbons (Fsp3) is 1.00. The topological polar surface area (TPSA) is 116 Å². The molecule has 0 saturated carbocycles. The molecule has 0 amide bonds. The summed E-state index contributed by atoms with van der Waals surface area (Å²) in [4.78, 5) is 35.5. The number of hydrogen-bond donors (Lipinski definition) is 3. The predicted molar refractivity (Wildman–Crippen MR) is 50.0 cm³/mol. The molecule has 0 aliphatic carbocycles. The third-order valence-corrected chi connectivity index (χ3v) is 4.64. The third-order valence-electron chi connectivity index (χ3n) is 1.19. The molecule has 16 heavy (non-hydrogen) atoms. The van der Waals surface area contributed by atoms with Gasteiger partial charge in [-0.2, -0.15) is 9.15 Å². The van der Waals surface area contributed by atoms with Crippen molar-refractivity contribution >= 4 is 29.7 Å². The Bertz CT molecular complexity index is 202. The molecule has 0 aromatic carbocycles. The fourth-order valence-electron chi connectivity index (χ4n) is 0.752. The van der Waals surface area contributed by atoms with E-state index in [2.05, 4.69) is 23.0 Å². The third kappa shape index (κ3) is 5.13. The smallest absolute Gasteiger partial charge is 0.368 e. The number of hydrogen-bond acceptors (Lipinski definition) is 9. The molecule has 12 heteroatoms. The van der Waals surface area contributed by atoms with Gasteiger partial charge in [0.15, 0.2) is 0 Å². The molecule has 0 atom stereocenters. The molecule has 9 nitrogen and oxygen atoms in total. The molecule has 0 bridgehead atoms. The highest BCUT2D eigenvalue weighted by Gasteiger charge is 2.58. The average Bonchev–Trinajstić information content (AvgIpc) is 2.39. The van der Waals surface area contributed by atoms with Gasteiger partial charge in [-0.05, 0) is 0 Å². The van der Waals surface area contributed by atoms with E-state index in [-0.39, 0.29) is 25.7 Å². The Hall–Kier alpha value is 0.364. The Balaban J connectivity index is 2.65. The van der Waals surface area contributed by atoms with Crippen molar-refractivity contribution in [2.45, 2.75) is 0 Å². The Morgan fingerprint density at radius 3 is 2.19 bits per heavy atom. The van der Waals surface area contributed by atoms with Gasteiger partial charge < -0.3 is 22.9 Å². The van der Waals surface area contributed by atoms with E-state index in [1.807, 2.05) is 0 Å². The number of halogens is 1. The van der Waals surface area contributed by atoms with Gasteiger partial charge in [0.2, 0.25) is 0 Å². The summed E-state index contributed by atoms with van der Waals surface area (Å²) in [6.07, 6.45) is 0. The van der Waals surface area contributed by atoms with Gasteiger partial charge in [-0.3, -0.25) is 0 Å². The zero-order valence-corrected chi connectivity index (χ0v) is 10.8. The van der Waals surface area contributed by atoms with Crippen molar-refractivity contribution < 1.29 is 41.9 Å². The first-order valence-corrected chi connectivity index (χ1v) is 8.08. The van der Waals surface area contributed by atoms with Crippen molar-refractivity contribution in [3.63, 3.8) is 0 Å². The van der Waals surface area contributed by atoms with E-state index in [0.717, 1.165) is 0 Å². The summed E-state index contributed by atoms with van der Waals surface area (Å²) in [5.41, 5.74) is 0. The zero-order valence-electron chi connectivity index (χ0n) is 8.00. The summed E-state index contributed by atoms with van der Waals surface area (Å²) in [7, 11) is -9.01. The molecule has 96 valence electrons. The molecule has 1 fully saturated rings. The Morgan fingerprint density at radius 2 is 1.75 bits per heavy atom. The monoisotopic (exact) mass is 294 g/mol. The number of rotatable bonds is 5. The summed E-state index contributed by atoms with van der Waals surface area (Å²) in [5.74, 6) is 0.0711. The van der Waals surface area contributed by atoms with Crippen molar-refractivity contribution in [1.29, 1.82) is 0 Å². The van der Waals surface area contributed by atoms with Crippen LogP contribution < -0.4 is 0 Å². The zero-order chi connectivity index (χ0) is 12.1. The quantitative estimate of drug-likeness (QED) is 0.301. The Kier molecular flexibility index (Phi) is 5.71. The second kappa shape index (κ2) is 6.34. The minimum atomic E-state index is -4.91. The molecule has 1 rings (SSSR count). The van der Waals surface area contributed by atoms with Gasteiger partial charge in [0.1, 0.15) is 13.2 Å². The second-order valence-corrected chi connectivity index (χ2v) is 6.49. The van der Waals surface area contributed by atoms with Gasteiger partial charge >= 0.3 is 18.1 Å². The number of alkyl halides is 1. The summed E-state index contributed by atoms with van der Waals surface area (Å²) in [6.45, 7) is -0.0245. The maximum atomic E-state index is 8.80. The molecule has 1 saturated heterocycles. The van der Waals surface area contributed by atoms with Crippen LogP contribution in [0.1, 0.15) is 0 Å². The van der Waals surface area contributed by atoms with Crippen molar-refractivity contribution in [2.24, 2.45) is 0 Å². The van der Waals surface area contributed by atoms with Crippen LogP contribution in [0.25, 0.3) is 0 Å². The Morgan fingerprint density at radius 1 is 1.19 bits per heavy atom. The first-order valence-electron chi connectivity index (χ1n) is 4.16. The first-order chi connectivity index (χ1) is 7.47. The average molecular weight is 295 g/mol. The minimum absolute atomic E-state index is 0.0270. The molecular weight excluding hydrogens is 284 g/mol. The van der Waals surface area contributed by atoms with Gasteiger partial charge in [0, 0.05) is 5.88 Å². The van der Waals surface area contributed by atoms with Crippen LogP contribution in [0.2, 0.25) is 0 Å². The lowest BCUT2D eigenvalue weighted by atomic mass is 10.8. The summed E-state index contributed by atoms with van der Waals surface area (Å²) in [6, 6.07) is 0. The van der Waals surface area contributed by atoms with E-state index >= 15 is 0 Å². The second-order valence-electron chi connectivity index (χ2n) is 2.52. The van der Waals surface area contributed by atoms with Gasteiger partial charge in [-0.25, -0.2) is 9.78 Å². The normalized spacial score (nSPS) is 21.8. The standard InChI is InChI=1S/C4H11ClO9Si2/c5-1-2-11-16(14-15(6,7)8)12-9-3-4-10-13-16/h6-8H,1-4H2. The molecule has 0 unspecified atom stereocenters. The summed E-state index contributed by atoms with van der Waals surface area (Å²) >= 11 is 5.37. The molecule has 3 N–H and O–H groups in total. The fourth-order valence-corrected chi connectivity index (χ4v) is 3.74. The van der Waals surface area contributed by atoms with Crippen molar-refractivity contribution in [3.05, 3.63) is 0 Å². The lowest BCUT2D eigenvalue weighted by molar-refractivity contribution is -0.288. The summed E-state index contributed by atoms with van der Waals surface area (Å²) < 4.78 is 18.6. The van der Waals surface area contributed by atoms with E-state index < -0.39 is 18.1 Å². The largest absolute Gasteiger partial charge is 0.730 e. The van der Waals surface area contributed by atoms with E-state index in [0.29, 0.717) is 0 Å². The minimum Gasteiger partial charge on any atom is -0.368 e. The van der Waals surface area contributed by atoms with Crippen LogP contribution in [0.5, 0.6) is 0 Å². The molecule has 0 aromatic heterocycles. The SMILES string of the molecule is O[Si](O)(O)O[Si]1(OCCCl)OOCCOO1. The molecule has 1 heterocycles. The maximum absolute atomic E-state index is 8.80. The van der Waals surface area contributed by atoms with E-state index in [1.54, 1.807) is 0 Å². The van der Waals surface area contributed by atoms with Gasteiger partial charge in [0.05, 0.1) is 6.61 Å². The highest BCUT2D eigenvalue weighted by molar-refractivity contribution is 6.66. The van der Waals surface area contributed by atoms with Crippen LogP contribution in [0.4, 0.5) is 0 Å². The van der Waals surface area contributed by atoms with Crippen LogP contribution in [0, 0.1) is 0 Å². The molecule has 1 aliphatic rings. The highest BCUT2D eigenvalue weighted by atomic mass is 35.5. The molecule has 0 radical (unpaired) electrons. The molecule has 1 aliphatic heterocycles. The van der Waals surface area contributed by atoms with Gasteiger partial charge in [0.25, 0.3) is 0 Å². The lowest BCUT2D eigenvalue weighted by Crippen LogP contribution is -2.58. The van der Waals surface area contributed by atoms with Crippen molar-refractivity contribution in [1.82, 2.24) is 0 Å². The summed E-state index contributed by atoms with van der Waals surface area (Å²) in [5, 5.41) is 0. The maximum Gasteiger partial charge on any atom is 0.730 e. The van der Waals surface area contributed by atoms with Gasteiger partial charge in [-0.1, -0.05) is 0 Å². The van der Waals surface area contributed by atoms with Crippen molar-refractivity contribution in [3.8, 4) is 0 Å². The predicted octanol–water partition coefficient (Wildman–Crippen LogP) is -1.98.